The minimum atomic E-state index is -0.137. The molecule has 0 radical (unpaired) electrons. The van der Waals surface area contributed by atoms with Gasteiger partial charge in [-0.25, -0.2) is 0 Å². The molecule has 116 valence electrons. The van der Waals surface area contributed by atoms with Gasteiger partial charge in [0.05, 0.1) is 12.1 Å². The highest BCUT2D eigenvalue weighted by atomic mass is 16.5. The van der Waals surface area contributed by atoms with Crippen molar-refractivity contribution in [2.24, 2.45) is 5.92 Å². The standard InChI is InChI=1S/C16H20N4O2/c1-10-6-12(22-20-10)7-15(21)17-14-8-13(18-19-14)16-4-2-11(9-16)3-5-16/h6,8,11H,2-5,7,9H2,1H3,(H2,17,18,19,21). The van der Waals surface area contributed by atoms with E-state index in [1.807, 2.05) is 13.0 Å². The van der Waals surface area contributed by atoms with Gasteiger partial charge >= 0.3 is 0 Å². The van der Waals surface area contributed by atoms with Crippen molar-refractivity contribution in [1.82, 2.24) is 15.4 Å². The molecule has 2 aromatic heterocycles. The molecular formula is C16H20N4O2. The van der Waals surface area contributed by atoms with Crippen LogP contribution in [-0.4, -0.2) is 21.3 Å². The molecule has 2 fully saturated rings. The van der Waals surface area contributed by atoms with Crippen LogP contribution in [0.5, 0.6) is 0 Å². The number of nitrogens with zero attached hydrogens (tertiary/aromatic N) is 2. The summed E-state index contributed by atoms with van der Waals surface area (Å²) >= 11 is 0. The first-order valence-corrected chi connectivity index (χ1v) is 7.91. The minimum Gasteiger partial charge on any atom is -0.361 e. The largest absolute Gasteiger partial charge is 0.361 e. The van der Waals surface area contributed by atoms with Gasteiger partial charge in [-0.15, -0.1) is 0 Å². The molecule has 0 atom stereocenters. The van der Waals surface area contributed by atoms with Crippen LogP contribution in [0.25, 0.3) is 0 Å². The van der Waals surface area contributed by atoms with Crippen LogP contribution in [0.4, 0.5) is 5.82 Å². The van der Waals surface area contributed by atoms with Crippen molar-refractivity contribution in [3.63, 3.8) is 0 Å². The first-order valence-electron chi connectivity index (χ1n) is 7.91. The number of aromatic amines is 1. The van der Waals surface area contributed by atoms with Gasteiger partial charge < -0.3 is 9.84 Å². The molecule has 22 heavy (non-hydrogen) atoms. The van der Waals surface area contributed by atoms with E-state index < -0.39 is 0 Å². The van der Waals surface area contributed by atoms with E-state index in [0.29, 0.717) is 11.6 Å². The van der Waals surface area contributed by atoms with E-state index in [2.05, 4.69) is 20.7 Å². The maximum Gasteiger partial charge on any atom is 0.233 e. The summed E-state index contributed by atoms with van der Waals surface area (Å²) in [7, 11) is 0. The van der Waals surface area contributed by atoms with Crippen LogP contribution >= 0.6 is 0 Å². The van der Waals surface area contributed by atoms with Crippen LogP contribution < -0.4 is 5.32 Å². The van der Waals surface area contributed by atoms with Gasteiger partial charge in [-0.3, -0.25) is 9.89 Å². The molecule has 1 amide bonds. The average Bonchev–Trinajstić information content (AvgIpc) is 3.23. The summed E-state index contributed by atoms with van der Waals surface area (Å²) in [4.78, 5) is 12.0. The number of H-pyrrole nitrogens is 1. The number of rotatable bonds is 4. The van der Waals surface area contributed by atoms with Gasteiger partial charge in [0.25, 0.3) is 0 Å². The van der Waals surface area contributed by atoms with Gasteiger partial charge in [-0.05, 0) is 44.9 Å². The molecule has 0 spiro atoms. The number of carbonyl (C=O) groups excluding carboxylic acids is 1. The van der Waals surface area contributed by atoms with E-state index in [-0.39, 0.29) is 17.7 Å². The fraction of sp³-hybridized carbons (Fsp3) is 0.562. The Morgan fingerprint density at radius 1 is 1.45 bits per heavy atom. The Hall–Kier alpha value is -2.11. The third kappa shape index (κ3) is 2.32. The first kappa shape index (κ1) is 13.5. The molecule has 2 N–H and O–H groups in total. The number of aryl methyl sites for hydroxylation is 1. The summed E-state index contributed by atoms with van der Waals surface area (Å²) in [5.41, 5.74) is 2.24. The number of carbonyl (C=O) groups is 1. The second-order valence-corrected chi connectivity index (χ2v) is 6.75. The lowest BCUT2D eigenvalue weighted by Crippen LogP contribution is -2.20. The van der Waals surface area contributed by atoms with Crippen molar-refractivity contribution in [3.05, 3.63) is 29.3 Å². The number of aromatic nitrogens is 3. The number of anilines is 1. The maximum atomic E-state index is 12.0. The van der Waals surface area contributed by atoms with Crippen LogP contribution in [0.2, 0.25) is 0 Å². The second kappa shape index (κ2) is 4.97. The Balaban J connectivity index is 1.42. The third-order valence-corrected chi connectivity index (χ3v) is 5.17. The van der Waals surface area contributed by atoms with Crippen molar-refractivity contribution in [2.45, 2.75) is 50.9 Å². The minimum absolute atomic E-state index is 0.137. The molecule has 0 saturated heterocycles. The second-order valence-electron chi connectivity index (χ2n) is 6.75. The predicted molar refractivity (Wildman–Crippen MR) is 80.4 cm³/mol. The number of nitrogens with one attached hydrogen (secondary N) is 2. The molecule has 4 rings (SSSR count). The van der Waals surface area contributed by atoms with Gasteiger partial charge in [0.15, 0.2) is 5.82 Å². The number of hydrogen-bond donors (Lipinski definition) is 2. The molecule has 0 unspecified atom stereocenters. The fourth-order valence-electron chi connectivity index (χ4n) is 4.07. The molecule has 2 aromatic rings. The Morgan fingerprint density at radius 2 is 2.27 bits per heavy atom. The van der Waals surface area contributed by atoms with Crippen LogP contribution in [0.15, 0.2) is 16.7 Å². The normalized spacial score (nSPS) is 26.5. The highest BCUT2D eigenvalue weighted by Crippen LogP contribution is 2.54. The van der Waals surface area contributed by atoms with Crippen molar-refractivity contribution >= 4 is 11.7 Å². The molecule has 0 aromatic carbocycles. The Bertz CT molecular complexity index is 695. The summed E-state index contributed by atoms with van der Waals surface area (Å²) in [6, 6.07) is 3.77. The lowest BCUT2D eigenvalue weighted by molar-refractivity contribution is -0.115. The van der Waals surface area contributed by atoms with Gasteiger partial charge in [0.2, 0.25) is 5.91 Å². The van der Waals surface area contributed by atoms with Crippen molar-refractivity contribution in [2.75, 3.05) is 5.32 Å². The van der Waals surface area contributed by atoms with Gasteiger partial charge in [-0.1, -0.05) is 5.16 Å². The lowest BCUT2D eigenvalue weighted by atomic mass is 9.81. The number of fused-ring (bicyclic) bond motifs is 2. The first-order chi connectivity index (χ1) is 10.6. The maximum absolute atomic E-state index is 12.0. The summed E-state index contributed by atoms with van der Waals surface area (Å²) in [5, 5.41) is 14.0. The SMILES string of the molecule is Cc1cc(CC(=O)Nc2cc(C34CCC(CC3)C4)[nH]n2)on1. The Kier molecular flexibility index (Phi) is 3.06. The van der Waals surface area contributed by atoms with Crippen molar-refractivity contribution in [3.8, 4) is 0 Å². The molecule has 0 aliphatic heterocycles. The lowest BCUT2D eigenvalue weighted by Gasteiger charge is -2.24. The van der Waals surface area contributed by atoms with Gasteiger partial charge in [-0.2, -0.15) is 5.10 Å². The zero-order valence-electron chi connectivity index (χ0n) is 12.7. The predicted octanol–water partition coefficient (Wildman–Crippen LogP) is 2.72. The highest BCUT2D eigenvalue weighted by molar-refractivity contribution is 5.91. The van der Waals surface area contributed by atoms with Crippen molar-refractivity contribution < 1.29 is 9.32 Å². The summed E-state index contributed by atoms with van der Waals surface area (Å²) < 4.78 is 5.06. The topological polar surface area (TPSA) is 83.8 Å². The molecule has 2 saturated carbocycles. The zero-order chi connectivity index (χ0) is 15.2. The van der Waals surface area contributed by atoms with Crippen LogP contribution in [0, 0.1) is 12.8 Å². The molecule has 6 nitrogen and oxygen atoms in total. The smallest absolute Gasteiger partial charge is 0.233 e. The third-order valence-electron chi connectivity index (χ3n) is 5.17. The van der Waals surface area contributed by atoms with Crippen LogP contribution in [0.3, 0.4) is 0 Å². The Morgan fingerprint density at radius 3 is 2.91 bits per heavy atom. The zero-order valence-corrected chi connectivity index (χ0v) is 12.7. The molecule has 2 aliphatic rings. The molecule has 2 bridgehead atoms. The monoisotopic (exact) mass is 300 g/mol. The van der Waals surface area contributed by atoms with E-state index in [9.17, 15) is 4.79 Å². The van der Waals surface area contributed by atoms with Gasteiger partial charge in [0, 0.05) is 23.2 Å². The van der Waals surface area contributed by atoms with E-state index in [1.165, 1.54) is 37.8 Å². The molecular weight excluding hydrogens is 280 g/mol. The molecule has 2 aliphatic carbocycles. The van der Waals surface area contributed by atoms with E-state index in [4.69, 9.17) is 4.52 Å². The summed E-state index contributed by atoms with van der Waals surface area (Å²) in [6.45, 7) is 1.83. The molecule has 6 heteroatoms. The average molecular weight is 300 g/mol. The summed E-state index contributed by atoms with van der Waals surface area (Å²) in [6.07, 6.45) is 6.57. The van der Waals surface area contributed by atoms with E-state index in [1.54, 1.807) is 6.07 Å². The van der Waals surface area contributed by atoms with E-state index >= 15 is 0 Å². The van der Waals surface area contributed by atoms with E-state index in [0.717, 1.165) is 11.6 Å². The number of hydrogen-bond acceptors (Lipinski definition) is 4. The molecule has 2 heterocycles. The summed E-state index contributed by atoms with van der Waals surface area (Å²) in [5.74, 6) is 1.91. The quantitative estimate of drug-likeness (QED) is 0.909. The highest BCUT2D eigenvalue weighted by Gasteiger charge is 2.46. The fourth-order valence-corrected chi connectivity index (χ4v) is 4.07. The van der Waals surface area contributed by atoms with Crippen LogP contribution in [-0.2, 0) is 16.6 Å². The van der Waals surface area contributed by atoms with Crippen molar-refractivity contribution in [1.29, 1.82) is 0 Å². The number of amides is 1. The van der Waals surface area contributed by atoms with Crippen LogP contribution in [0.1, 0.15) is 49.3 Å². The Labute approximate surface area is 128 Å². The van der Waals surface area contributed by atoms with Gasteiger partial charge in [0.1, 0.15) is 5.76 Å².